The molecule has 2 heterocycles. The Kier molecular flexibility index (Phi) is 5.19. The number of imidazole rings is 1. The minimum atomic E-state index is -0.415. The maximum atomic E-state index is 13.6. The average molecular weight is 443 g/mol. The largest absolute Gasteiger partial charge is 0.329 e. The molecular formula is C26H23ClN4O. The highest BCUT2D eigenvalue weighted by molar-refractivity contribution is 6.31. The number of rotatable bonds is 4. The van der Waals surface area contributed by atoms with Crippen molar-refractivity contribution in [2.45, 2.75) is 26.3 Å². The number of aryl methyl sites for hydroxylation is 1. The van der Waals surface area contributed by atoms with Gasteiger partial charge in [-0.1, -0.05) is 61.0 Å². The highest BCUT2D eigenvalue weighted by Crippen LogP contribution is 2.41. The molecule has 0 fully saturated rings. The molecule has 0 saturated heterocycles. The number of hydrogen-bond acceptors (Lipinski definition) is 3. The number of carbonyl (C=O) groups excluding carboxylic acids is 1. The Bertz CT molecular complexity index is 1350. The third kappa shape index (κ3) is 3.45. The molecule has 0 bridgehead atoms. The highest BCUT2D eigenvalue weighted by Gasteiger charge is 2.35. The van der Waals surface area contributed by atoms with Crippen LogP contribution < -0.4 is 10.6 Å². The number of benzene rings is 3. The summed E-state index contributed by atoms with van der Waals surface area (Å²) in [7, 11) is 0. The lowest BCUT2D eigenvalue weighted by atomic mass is 9.94. The maximum absolute atomic E-state index is 13.6. The summed E-state index contributed by atoms with van der Waals surface area (Å²) in [6, 6.07) is 23.1. The summed E-state index contributed by atoms with van der Waals surface area (Å²) < 4.78 is 2.05. The van der Waals surface area contributed by atoms with Gasteiger partial charge >= 0.3 is 0 Å². The Labute approximate surface area is 191 Å². The molecule has 1 atom stereocenters. The SMILES string of the molecule is CCc1ccc(NC(=O)C2=C(C)Nc3nc4ccccc4n3[C@H]2c2ccccc2Cl)cc1. The first-order valence-corrected chi connectivity index (χ1v) is 11.0. The zero-order valence-corrected chi connectivity index (χ0v) is 18.6. The van der Waals surface area contributed by atoms with Gasteiger partial charge in [0.2, 0.25) is 5.95 Å². The van der Waals surface area contributed by atoms with Crippen molar-refractivity contribution in [1.82, 2.24) is 9.55 Å². The molecule has 2 N–H and O–H groups in total. The number of aromatic nitrogens is 2. The first-order valence-electron chi connectivity index (χ1n) is 10.7. The summed E-state index contributed by atoms with van der Waals surface area (Å²) in [5, 5.41) is 7.01. The van der Waals surface area contributed by atoms with E-state index < -0.39 is 6.04 Å². The van der Waals surface area contributed by atoms with Crippen molar-refractivity contribution in [2.75, 3.05) is 10.6 Å². The zero-order chi connectivity index (χ0) is 22.2. The Morgan fingerprint density at radius 3 is 2.53 bits per heavy atom. The van der Waals surface area contributed by atoms with Crippen LogP contribution in [0.3, 0.4) is 0 Å². The van der Waals surface area contributed by atoms with Gasteiger partial charge in [0, 0.05) is 16.4 Å². The molecule has 3 aromatic carbocycles. The van der Waals surface area contributed by atoms with Crippen LogP contribution in [0.1, 0.15) is 31.0 Å². The standard InChI is InChI=1S/C26H23ClN4O/c1-3-17-12-14-18(15-13-17)29-25(32)23-16(2)28-26-30-21-10-6-7-11-22(21)31(26)24(23)19-8-4-5-9-20(19)27/h4-15,24H,3H2,1-2H3,(H,28,30)(H,29,32)/t24-/m0/s1. The first kappa shape index (κ1) is 20.3. The van der Waals surface area contributed by atoms with Gasteiger partial charge in [-0.15, -0.1) is 0 Å². The summed E-state index contributed by atoms with van der Waals surface area (Å²) >= 11 is 6.65. The number of para-hydroxylation sites is 2. The summed E-state index contributed by atoms with van der Waals surface area (Å²) in [5.41, 5.74) is 5.98. The fourth-order valence-corrected chi connectivity index (χ4v) is 4.51. The third-order valence-electron chi connectivity index (χ3n) is 5.90. The molecule has 1 aromatic heterocycles. The maximum Gasteiger partial charge on any atom is 0.255 e. The van der Waals surface area contributed by atoms with E-state index in [1.54, 1.807) is 0 Å². The molecule has 1 aliphatic heterocycles. The van der Waals surface area contributed by atoms with Gasteiger partial charge in [-0.05, 0) is 54.8 Å². The van der Waals surface area contributed by atoms with E-state index in [1.807, 2.05) is 79.7 Å². The molecular weight excluding hydrogens is 420 g/mol. The zero-order valence-electron chi connectivity index (χ0n) is 17.9. The predicted octanol–water partition coefficient (Wildman–Crippen LogP) is 6.18. The Morgan fingerprint density at radius 2 is 1.78 bits per heavy atom. The lowest BCUT2D eigenvalue weighted by Gasteiger charge is -2.31. The number of amides is 1. The molecule has 0 radical (unpaired) electrons. The van der Waals surface area contributed by atoms with E-state index in [4.69, 9.17) is 16.6 Å². The van der Waals surface area contributed by atoms with Crippen molar-refractivity contribution >= 4 is 40.2 Å². The van der Waals surface area contributed by atoms with Gasteiger partial charge in [0.15, 0.2) is 0 Å². The third-order valence-corrected chi connectivity index (χ3v) is 6.24. The highest BCUT2D eigenvalue weighted by atomic mass is 35.5. The monoisotopic (exact) mass is 442 g/mol. The smallest absolute Gasteiger partial charge is 0.255 e. The molecule has 0 aliphatic carbocycles. The van der Waals surface area contributed by atoms with E-state index in [1.165, 1.54) is 5.56 Å². The van der Waals surface area contributed by atoms with Crippen LogP contribution in [0.2, 0.25) is 5.02 Å². The topological polar surface area (TPSA) is 59.0 Å². The van der Waals surface area contributed by atoms with Gasteiger partial charge in [0.1, 0.15) is 0 Å². The second-order valence-electron chi connectivity index (χ2n) is 7.89. The van der Waals surface area contributed by atoms with E-state index in [0.29, 0.717) is 16.5 Å². The van der Waals surface area contributed by atoms with Gasteiger partial charge in [-0.25, -0.2) is 4.98 Å². The summed E-state index contributed by atoms with van der Waals surface area (Å²) in [6.45, 7) is 4.01. The Hall–Kier alpha value is -3.57. The van der Waals surface area contributed by atoms with Crippen LogP contribution in [0, 0.1) is 0 Å². The fraction of sp³-hybridized carbons (Fsp3) is 0.154. The van der Waals surface area contributed by atoms with Gasteiger partial charge in [-0.2, -0.15) is 0 Å². The summed E-state index contributed by atoms with van der Waals surface area (Å²) in [4.78, 5) is 18.4. The summed E-state index contributed by atoms with van der Waals surface area (Å²) in [6.07, 6.45) is 0.952. The van der Waals surface area contributed by atoms with Crippen molar-refractivity contribution in [2.24, 2.45) is 0 Å². The first-order chi connectivity index (χ1) is 15.6. The van der Waals surface area contributed by atoms with E-state index in [2.05, 4.69) is 22.1 Å². The fourth-order valence-electron chi connectivity index (χ4n) is 4.27. The number of nitrogens with one attached hydrogen (secondary N) is 2. The van der Waals surface area contributed by atoms with Crippen molar-refractivity contribution in [3.8, 4) is 0 Å². The van der Waals surface area contributed by atoms with E-state index >= 15 is 0 Å². The van der Waals surface area contributed by atoms with E-state index in [9.17, 15) is 4.79 Å². The van der Waals surface area contributed by atoms with Gasteiger partial charge < -0.3 is 10.6 Å². The molecule has 160 valence electrons. The lowest BCUT2D eigenvalue weighted by molar-refractivity contribution is -0.113. The molecule has 1 amide bonds. The number of nitrogens with zero attached hydrogens (tertiary/aromatic N) is 2. The van der Waals surface area contributed by atoms with Crippen LogP contribution >= 0.6 is 11.6 Å². The molecule has 5 nitrogen and oxygen atoms in total. The normalized spacial score (nSPS) is 15.4. The van der Waals surface area contributed by atoms with Crippen LogP contribution in [0.5, 0.6) is 0 Å². The van der Waals surface area contributed by atoms with E-state index in [-0.39, 0.29) is 5.91 Å². The molecule has 5 rings (SSSR count). The van der Waals surface area contributed by atoms with Crippen molar-refractivity contribution in [1.29, 1.82) is 0 Å². The van der Waals surface area contributed by atoms with Crippen LogP contribution in [0.25, 0.3) is 11.0 Å². The molecule has 0 saturated carbocycles. The molecule has 0 unspecified atom stereocenters. The summed E-state index contributed by atoms with van der Waals surface area (Å²) in [5.74, 6) is 0.519. The molecule has 0 spiro atoms. The van der Waals surface area contributed by atoms with Crippen molar-refractivity contribution in [3.05, 3.63) is 100 Å². The van der Waals surface area contributed by atoms with Crippen molar-refractivity contribution < 1.29 is 4.79 Å². The minimum absolute atomic E-state index is 0.174. The molecule has 1 aliphatic rings. The van der Waals surface area contributed by atoms with Crippen LogP contribution in [-0.2, 0) is 11.2 Å². The predicted molar refractivity (Wildman–Crippen MR) is 130 cm³/mol. The van der Waals surface area contributed by atoms with Crippen LogP contribution in [0.15, 0.2) is 84.1 Å². The number of anilines is 2. The quantitative estimate of drug-likeness (QED) is 0.396. The van der Waals surface area contributed by atoms with Gasteiger partial charge in [-0.3, -0.25) is 9.36 Å². The number of carbonyl (C=O) groups is 1. The molecule has 32 heavy (non-hydrogen) atoms. The van der Waals surface area contributed by atoms with Gasteiger partial charge in [0.05, 0.1) is 22.6 Å². The van der Waals surface area contributed by atoms with Crippen molar-refractivity contribution in [3.63, 3.8) is 0 Å². The van der Waals surface area contributed by atoms with Crippen LogP contribution in [0.4, 0.5) is 11.6 Å². The number of hydrogen-bond donors (Lipinski definition) is 2. The minimum Gasteiger partial charge on any atom is -0.329 e. The van der Waals surface area contributed by atoms with Gasteiger partial charge in [0.25, 0.3) is 5.91 Å². The second kappa shape index (κ2) is 8.17. The average Bonchev–Trinajstić information content (AvgIpc) is 3.17. The second-order valence-corrected chi connectivity index (χ2v) is 8.29. The van der Waals surface area contributed by atoms with E-state index in [0.717, 1.165) is 34.4 Å². The number of halogens is 1. The van der Waals surface area contributed by atoms with Crippen LogP contribution in [-0.4, -0.2) is 15.5 Å². The molecule has 4 aromatic rings. The Balaban J connectivity index is 1.64. The lowest BCUT2D eigenvalue weighted by Crippen LogP contribution is -2.31. The number of allylic oxidation sites excluding steroid dienone is 1. The number of fused-ring (bicyclic) bond motifs is 3. The Morgan fingerprint density at radius 1 is 1.06 bits per heavy atom. The molecule has 6 heteroatoms.